The number of nitrogens with zero attached hydrogens (tertiary/aromatic N) is 1. The lowest BCUT2D eigenvalue weighted by atomic mass is 10.1. The normalized spacial score (nSPS) is 17.7. The summed E-state index contributed by atoms with van der Waals surface area (Å²) in [6.07, 6.45) is 1.02. The monoisotopic (exact) mass is 284 g/mol. The van der Waals surface area contributed by atoms with E-state index in [4.69, 9.17) is 4.74 Å². The van der Waals surface area contributed by atoms with Gasteiger partial charge in [0.15, 0.2) is 0 Å². The average Bonchev–Trinajstić information content (AvgIpc) is 2.91. The van der Waals surface area contributed by atoms with E-state index in [1.54, 1.807) is 7.11 Å². The van der Waals surface area contributed by atoms with Gasteiger partial charge in [-0.3, -0.25) is 4.79 Å². The summed E-state index contributed by atoms with van der Waals surface area (Å²) in [5.41, 5.74) is 1.73. The van der Waals surface area contributed by atoms with E-state index >= 15 is 0 Å². The number of ether oxygens (including phenoxy) is 1. The van der Waals surface area contributed by atoms with Crippen LogP contribution in [0.15, 0.2) is 18.2 Å². The third-order valence-corrected chi connectivity index (χ3v) is 3.56. The van der Waals surface area contributed by atoms with Gasteiger partial charge < -0.3 is 15.0 Å². The lowest BCUT2D eigenvalue weighted by molar-refractivity contribution is 0.0743. The van der Waals surface area contributed by atoms with E-state index in [0.29, 0.717) is 11.6 Å². The first kappa shape index (κ1) is 15.8. The standard InChI is InChI=1S/C14H20N2O2.ClH/c1-10-4-5-11(8-13(10)18-3)14(17)16(2)12-6-7-15-9-12;/h4-5,8,12,15H,6-7,9H2,1-3H3;1H. The van der Waals surface area contributed by atoms with Crippen LogP contribution in [0.3, 0.4) is 0 Å². The number of methoxy groups -OCH3 is 1. The van der Waals surface area contributed by atoms with Crippen LogP contribution in [-0.2, 0) is 0 Å². The SMILES string of the molecule is COc1cc(C(=O)N(C)C2CCNC2)ccc1C.Cl. The Morgan fingerprint density at radius 1 is 1.47 bits per heavy atom. The summed E-state index contributed by atoms with van der Waals surface area (Å²) >= 11 is 0. The van der Waals surface area contributed by atoms with Gasteiger partial charge in [0.2, 0.25) is 0 Å². The molecule has 0 saturated carbocycles. The van der Waals surface area contributed by atoms with Gasteiger partial charge in [-0.25, -0.2) is 0 Å². The molecule has 1 fully saturated rings. The molecule has 1 atom stereocenters. The second kappa shape index (κ2) is 6.78. The van der Waals surface area contributed by atoms with E-state index in [9.17, 15) is 4.79 Å². The minimum atomic E-state index is 0. The Bertz CT molecular complexity index is 445. The molecule has 0 radical (unpaired) electrons. The molecule has 0 bridgehead atoms. The van der Waals surface area contributed by atoms with Crippen LogP contribution in [0.1, 0.15) is 22.3 Å². The van der Waals surface area contributed by atoms with Crippen LogP contribution in [0.2, 0.25) is 0 Å². The Hall–Kier alpha value is -1.26. The zero-order valence-corrected chi connectivity index (χ0v) is 12.4. The fourth-order valence-electron chi connectivity index (χ4n) is 2.29. The predicted molar refractivity (Wildman–Crippen MR) is 78.3 cm³/mol. The Balaban J connectivity index is 0.00000180. The average molecular weight is 285 g/mol. The van der Waals surface area contributed by atoms with Gasteiger partial charge in [-0.1, -0.05) is 6.07 Å². The molecule has 1 aliphatic heterocycles. The Morgan fingerprint density at radius 3 is 2.79 bits per heavy atom. The maximum Gasteiger partial charge on any atom is 0.254 e. The molecule has 1 amide bonds. The van der Waals surface area contributed by atoms with Gasteiger partial charge in [0.1, 0.15) is 5.75 Å². The van der Waals surface area contributed by atoms with E-state index < -0.39 is 0 Å². The zero-order valence-electron chi connectivity index (χ0n) is 11.6. The zero-order chi connectivity index (χ0) is 13.1. The Labute approximate surface area is 120 Å². The number of nitrogens with one attached hydrogen (secondary N) is 1. The van der Waals surface area contributed by atoms with Crippen molar-refractivity contribution in [3.63, 3.8) is 0 Å². The van der Waals surface area contributed by atoms with Crippen molar-refractivity contribution in [2.75, 3.05) is 27.2 Å². The van der Waals surface area contributed by atoms with Crippen molar-refractivity contribution in [2.24, 2.45) is 0 Å². The first-order valence-electron chi connectivity index (χ1n) is 6.26. The van der Waals surface area contributed by atoms with Gasteiger partial charge in [-0.05, 0) is 37.6 Å². The predicted octanol–water partition coefficient (Wildman–Crippen LogP) is 1.86. The highest BCUT2D eigenvalue weighted by molar-refractivity contribution is 5.94. The number of amides is 1. The van der Waals surface area contributed by atoms with Crippen molar-refractivity contribution < 1.29 is 9.53 Å². The molecule has 0 aliphatic carbocycles. The fraction of sp³-hybridized carbons (Fsp3) is 0.500. The van der Waals surface area contributed by atoms with Crippen LogP contribution in [0.25, 0.3) is 0 Å². The molecule has 1 N–H and O–H groups in total. The summed E-state index contributed by atoms with van der Waals surface area (Å²) in [7, 11) is 3.49. The van der Waals surface area contributed by atoms with Crippen molar-refractivity contribution in [1.82, 2.24) is 10.2 Å². The maximum absolute atomic E-state index is 12.4. The highest BCUT2D eigenvalue weighted by Crippen LogP contribution is 2.20. The minimum absolute atomic E-state index is 0. The van der Waals surface area contributed by atoms with Gasteiger partial charge in [-0.2, -0.15) is 0 Å². The molecule has 0 aromatic heterocycles. The summed E-state index contributed by atoms with van der Waals surface area (Å²) in [5.74, 6) is 0.820. The lowest BCUT2D eigenvalue weighted by Gasteiger charge is -2.24. The summed E-state index contributed by atoms with van der Waals surface area (Å²) in [6, 6.07) is 5.90. The largest absolute Gasteiger partial charge is 0.496 e. The molecular formula is C14H21ClN2O2. The van der Waals surface area contributed by atoms with E-state index in [-0.39, 0.29) is 18.3 Å². The van der Waals surface area contributed by atoms with Crippen LogP contribution in [0, 0.1) is 6.92 Å². The molecule has 1 aromatic carbocycles. The van der Waals surface area contributed by atoms with Gasteiger partial charge >= 0.3 is 0 Å². The third-order valence-electron chi connectivity index (χ3n) is 3.56. The number of carbonyl (C=O) groups excluding carboxylic acids is 1. The molecule has 19 heavy (non-hydrogen) atoms. The summed E-state index contributed by atoms with van der Waals surface area (Å²) in [6.45, 7) is 3.84. The molecule has 5 heteroatoms. The lowest BCUT2D eigenvalue weighted by Crippen LogP contribution is -2.38. The molecule has 1 saturated heterocycles. The molecule has 1 aliphatic rings. The number of hydrogen-bond donors (Lipinski definition) is 1. The number of benzene rings is 1. The van der Waals surface area contributed by atoms with E-state index in [1.165, 1.54) is 0 Å². The van der Waals surface area contributed by atoms with E-state index in [1.807, 2.05) is 37.1 Å². The first-order chi connectivity index (χ1) is 8.63. The number of carbonyl (C=O) groups is 1. The molecule has 1 heterocycles. The van der Waals surface area contributed by atoms with E-state index in [2.05, 4.69) is 5.32 Å². The van der Waals surface area contributed by atoms with Crippen molar-refractivity contribution in [2.45, 2.75) is 19.4 Å². The molecule has 1 aromatic rings. The highest BCUT2D eigenvalue weighted by Gasteiger charge is 2.24. The summed E-state index contributed by atoms with van der Waals surface area (Å²) in [5, 5.41) is 3.27. The van der Waals surface area contributed by atoms with Crippen LogP contribution < -0.4 is 10.1 Å². The molecular weight excluding hydrogens is 264 g/mol. The molecule has 2 rings (SSSR count). The summed E-state index contributed by atoms with van der Waals surface area (Å²) in [4.78, 5) is 14.2. The second-order valence-corrected chi connectivity index (χ2v) is 4.75. The molecule has 0 spiro atoms. The first-order valence-corrected chi connectivity index (χ1v) is 6.26. The Morgan fingerprint density at radius 2 is 2.21 bits per heavy atom. The third kappa shape index (κ3) is 3.39. The number of aryl methyl sites for hydroxylation is 1. The fourth-order valence-corrected chi connectivity index (χ4v) is 2.29. The smallest absolute Gasteiger partial charge is 0.254 e. The molecule has 106 valence electrons. The van der Waals surface area contributed by atoms with Crippen LogP contribution in [0.4, 0.5) is 0 Å². The highest BCUT2D eigenvalue weighted by atomic mass is 35.5. The van der Waals surface area contributed by atoms with Crippen molar-refractivity contribution >= 4 is 18.3 Å². The summed E-state index contributed by atoms with van der Waals surface area (Å²) < 4.78 is 5.26. The van der Waals surface area contributed by atoms with Gasteiger partial charge in [0.05, 0.1) is 7.11 Å². The molecule has 4 nitrogen and oxygen atoms in total. The van der Waals surface area contributed by atoms with Gasteiger partial charge in [-0.15, -0.1) is 12.4 Å². The number of likely N-dealkylation sites (N-methyl/N-ethyl adjacent to an activating group) is 1. The Kier molecular flexibility index (Phi) is 5.63. The van der Waals surface area contributed by atoms with Crippen molar-refractivity contribution in [3.05, 3.63) is 29.3 Å². The van der Waals surface area contributed by atoms with Crippen LogP contribution in [0.5, 0.6) is 5.75 Å². The van der Waals surface area contributed by atoms with Crippen molar-refractivity contribution in [1.29, 1.82) is 0 Å². The van der Waals surface area contributed by atoms with Crippen LogP contribution >= 0.6 is 12.4 Å². The number of rotatable bonds is 3. The molecule has 1 unspecified atom stereocenters. The van der Waals surface area contributed by atoms with Gasteiger partial charge in [0.25, 0.3) is 5.91 Å². The topological polar surface area (TPSA) is 41.6 Å². The van der Waals surface area contributed by atoms with Crippen LogP contribution in [-0.4, -0.2) is 44.1 Å². The van der Waals surface area contributed by atoms with Crippen molar-refractivity contribution in [3.8, 4) is 5.75 Å². The second-order valence-electron chi connectivity index (χ2n) is 4.75. The quantitative estimate of drug-likeness (QED) is 0.921. The van der Waals surface area contributed by atoms with E-state index in [0.717, 1.165) is 30.8 Å². The minimum Gasteiger partial charge on any atom is -0.496 e. The number of hydrogen-bond acceptors (Lipinski definition) is 3. The number of halogens is 1. The maximum atomic E-state index is 12.4. The van der Waals surface area contributed by atoms with Gasteiger partial charge in [0, 0.05) is 25.2 Å².